The molecule has 0 aliphatic carbocycles. The predicted octanol–water partition coefficient (Wildman–Crippen LogP) is 0.191. The van der Waals surface area contributed by atoms with Crippen LogP contribution in [0, 0.1) is 0 Å². The van der Waals surface area contributed by atoms with Crippen molar-refractivity contribution in [3.05, 3.63) is 47.3 Å². The maximum absolute atomic E-state index is 12.2. The van der Waals surface area contributed by atoms with Gasteiger partial charge in [-0.2, -0.15) is 0 Å². The van der Waals surface area contributed by atoms with E-state index < -0.39 is 5.91 Å². The third-order valence-corrected chi connectivity index (χ3v) is 5.02. The van der Waals surface area contributed by atoms with Gasteiger partial charge in [0.2, 0.25) is 0 Å². The standard InChI is InChI=1S/C17H20N4O2S/c18-16(23)14-6-11-24-17(14)19-15(22)12-20-7-9-21(10-8-20)13-4-2-1-3-5-13/h1-6,11H,7-10,12H2,(H2,18,23)(H,19,22)/p+1. The smallest absolute Gasteiger partial charge is 0.280 e. The third-order valence-electron chi connectivity index (χ3n) is 4.19. The molecule has 6 nitrogen and oxygen atoms in total. The minimum absolute atomic E-state index is 0.0805. The van der Waals surface area contributed by atoms with Crippen LogP contribution in [0.1, 0.15) is 10.4 Å². The Bertz CT molecular complexity index is 708. The van der Waals surface area contributed by atoms with E-state index in [2.05, 4.69) is 22.3 Å². The number of rotatable bonds is 5. The summed E-state index contributed by atoms with van der Waals surface area (Å²) in [5, 5.41) is 5.09. The summed E-state index contributed by atoms with van der Waals surface area (Å²) in [7, 11) is 0. The lowest BCUT2D eigenvalue weighted by atomic mass is 10.2. The van der Waals surface area contributed by atoms with Gasteiger partial charge in [-0.3, -0.25) is 9.59 Å². The molecule has 0 unspecified atom stereocenters. The molecule has 1 fully saturated rings. The predicted molar refractivity (Wildman–Crippen MR) is 95.7 cm³/mol. The molecule has 4 N–H and O–H groups in total. The SMILES string of the molecule is NC(=O)c1ccsc1NC(=O)C[NH+]1CCN(c2ccccc2)CC1. The van der Waals surface area contributed by atoms with Crippen LogP contribution in [0.25, 0.3) is 0 Å². The van der Waals surface area contributed by atoms with Crippen LogP contribution in [-0.2, 0) is 4.79 Å². The Kier molecular flexibility index (Phi) is 5.12. The van der Waals surface area contributed by atoms with Gasteiger partial charge in [-0.15, -0.1) is 11.3 Å². The van der Waals surface area contributed by atoms with Crippen molar-refractivity contribution < 1.29 is 14.5 Å². The lowest BCUT2D eigenvalue weighted by Crippen LogP contribution is -3.15. The van der Waals surface area contributed by atoms with Gasteiger partial charge in [0.1, 0.15) is 5.00 Å². The van der Waals surface area contributed by atoms with E-state index in [9.17, 15) is 9.59 Å². The van der Waals surface area contributed by atoms with Gasteiger partial charge >= 0.3 is 0 Å². The van der Waals surface area contributed by atoms with E-state index in [0.717, 1.165) is 26.2 Å². The van der Waals surface area contributed by atoms with Crippen molar-refractivity contribution in [1.82, 2.24) is 0 Å². The lowest BCUT2D eigenvalue weighted by Gasteiger charge is -2.33. The zero-order valence-electron chi connectivity index (χ0n) is 13.3. The number of quaternary nitrogens is 1. The van der Waals surface area contributed by atoms with Crippen LogP contribution in [0.5, 0.6) is 0 Å². The number of benzene rings is 1. The molecule has 3 rings (SSSR count). The molecule has 0 saturated carbocycles. The molecular formula is C17H21N4O2S+. The molecule has 126 valence electrons. The molecule has 2 heterocycles. The second-order valence-electron chi connectivity index (χ2n) is 5.83. The van der Waals surface area contributed by atoms with Crippen molar-refractivity contribution >= 4 is 33.8 Å². The summed E-state index contributed by atoms with van der Waals surface area (Å²) in [5.41, 5.74) is 6.90. The number of nitrogens with one attached hydrogen (secondary N) is 2. The molecule has 2 aromatic rings. The maximum atomic E-state index is 12.2. The number of hydrogen-bond acceptors (Lipinski definition) is 4. The van der Waals surface area contributed by atoms with E-state index in [4.69, 9.17) is 5.73 Å². The molecule has 24 heavy (non-hydrogen) atoms. The maximum Gasteiger partial charge on any atom is 0.280 e. The summed E-state index contributed by atoms with van der Waals surface area (Å²) >= 11 is 1.32. The molecule has 1 aromatic heterocycles. The van der Waals surface area contributed by atoms with Gasteiger partial charge in [0.05, 0.1) is 31.7 Å². The molecule has 0 radical (unpaired) electrons. The molecule has 2 amide bonds. The molecular weight excluding hydrogens is 324 g/mol. The van der Waals surface area contributed by atoms with Gasteiger partial charge in [0, 0.05) is 5.69 Å². The first-order chi connectivity index (χ1) is 11.6. The Morgan fingerprint density at radius 1 is 1.17 bits per heavy atom. The number of nitrogens with zero attached hydrogens (tertiary/aromatic N) is 1. The third kappa shape index (κ3) is 3.93. The topological polar surface area (TPSA) is 79.9 Å². The van der Waals surface area contributed by atoms with Gasteiger partial charge < -0.3 is 20.9 Å². The second-order valence-corrected chi connectivity index (χ2v) is 6.74. The normalized spacial score (nSPS) is 15.2. The van der Waals surface area contributed by atoms with E-state index in [1.807, 2.05) is 18.2 Å². The summed E-state index contributed by atoms with van der Waals surface area (Å²) in [6.45, 7) is 4.08. The highest BCUT2D eigenvalue weighted by molar-refractivity contribution is 7.14. The first-order valence-electron chi connectivity index (χ1n) is 7.94. The Hall–Kier alpha value is -2.38. The summed E-state index contributed by atoms with van der Waals surface area (Å²) < 4.78 is 0. The monoisotopic (exact) mass is 345 g/mol. The molecule has 1 aromatic carbocycles. The minimum Gasteiger partial charge on any atom is -0.366 e. The molecule has 1 aliphatic rings. The van der Waals surface area contributed by atoms with E-state index in [1.54, 1.807) is 11.4 Å². The number of thiophene rings is 1. The number of amides is 2. The number of para-hydroxylation sites is 1. The average molecular weight is 345 g/mol. The minimum atomic E-state index is -0.518. The van der Waals surface area contributed by atoms with Crippen LogP contribution in [0.4, 0.5) is 10.7 Å². The van der Waals surface area contributed by atoms with Crippen molar-refractivity contribution in [3.8, 4) is 0 Å². The largest absolute Gasteiger partial charge is 0.366 e. The van der Waals surface area contributed by atoms with E-state index in [-0.39, 0.29) is 5.91 Å². The van der Waals surface area contributed by atoms with Crippen molar-refractivity contribution in [1.29, 1.82) is 0 Å². The van der Waals surface area contributed by atoms with Gasteiger partial charge in [-0.05, 0) is 23.6 Å². The number of carbonyl (C=O) groups is 2. The average Bonchev–Trinajstić information content (AvgIpc) is 3.04. The molecule has 7 heteroatoms. The fraction of sp³-hybridized carbons (Fsp3) is 0.294. The van der Waals surface area contributed by atoms with Gasteiger partial charge in [0.25, 0.3) is 11.8 Å². The van der Waals surface area contributed by atoms with Crippen LogP contribution < -0.4 is 20.9 Å². The van der Waals surface area contributed by atoms with E-state index in [0.29, 0.717) is 17.1 Å². The van der Waals surface area contributed by atoms with Crippen LogP contribution in [0.2, 0.25) is 0 Å². The van der Waals surface area contributed by atoms with E-state index >= 15 is 0 Å². The van der Waals surface area contributed by atoms with Crippen LogP contribution >= 0.6 is 11.3 Å². The first-order valence-corrected chi connectivity index (χ1v) is 8.82. The summed E-state index contributed by atoms with van der Waals surface area (Å²) in [6, 6.07) is 12.0. The molecule has 0 spiro atoms. The van der Waals surface area contributed by atoms with Crippen LogP contribution in [0.15, 0.2) is 41.8 Å². The zero-order valence-corrected chi connectivity index (χ0v) is 14.1. The second kappa shape index (κ2) is 7.46. The molecule has 0 bridgehead atoms. The number of hydrogen-bond donors (Lipinski definition) is 3. The van der Waals surface area contributed by atoms with Crippen LogP contribution in [-0.4, -0.2) is 44.5 Å². The number of primary amides is 1. The molecule has 0 atom stereocenters. The summed E-state index contributed by atoms with van der Waals surface area (Å²) in [4.78, 5) is 27.1. The highest BCUT2D eigenvalue weighted by Gasteiger charge is 2.23. The Morgan fingerprint density at radius 3 is 2.54 bits per heavy atom. The van der Waals surface area contributed by atoms with Crippen LogP contribution in [0.3, 0.4) is 0 Å². The highest BCUT2D eigenvalue weighted by Crippen LogP contribution is 2.22. The Labute approximate surface area is 144 Å². The number of nitrogens with two attached hydrogens (primary N) is 1. The zero-order chi connectivity index (χ0) is 16.9. The summed E-state index contributed by atoms with van der Waals surface area (Å²) in [6.07, 6.45) is 0. The fourth-order valence-corrected chi connectivity index (χ4v) is 3.70. The first kappa shape index (κ1) is 16.5. The van der Waals surface area contributed by atoms with Crippen molar-refractivity contribution in [3.63, 3.8) is 0 Å². The quantitative estimate of drug-likeness (QED) is 0.724. The van der Waals surface area contributed by atoms with Gasteiger partial charge in [-0.1, -0.05) is 18.2 Å². The van der Waals surface area contributed by atoms with Gasteiger partial charge in [0.15, 0.2) is 6.54 Å². The van der Waals surface area contributed by atoms with Gasteiger partial charge in [-0.25, -0.2) is 0 Å². The fourth-order valence-electron chi connectivity index (χ4n) is 2.89. The Balaban J connectivity index is 1.50. The number of carbonyl (C=O) groups excluding carboxylic acids is 2. The Morgan fingerprint density at radius 2 is 1.88 bits per heavy atom. The van der Waals surface area contributed by atoms with Crippen molar-refractivity contribution in [2.75, 3.05) is 42.9 Å². The van der Waals surface area contributed by atoms with Crippen molar-refractivity contribution in [2.24, 2.45) is 5.73 Å². The summed E-state index contributed by atoms with van der Waals surface area (Å²) in [5.74, 6) is -0.599. The van der Waals surface area contributed by atoms with E-state index in [1.165, 1.54) is 21.9 Å². The molecule has 1 aliphatic heterocycles. The highest BCUT2D eigenvalue weighted by atomic mass is 32.1. The number of piperazine rings is 1. The molecule has 1 saturated heterocycles. The lowest BCUT2D eigenvalue weighted by molar-refractivity contribution is -0.892. The number of anilines is 2. The van der Waals surface area contributed by atoms with Crippen molar-refractivity contribution in [2.45, 2.75) is 0 Å².